The molecule has 0 bridgehead atoms. The first kappa shape index (κ1) is 19.4. The molecular weight excluding hydrogens is 368 g/mol. The Morgan fingerprint density at radius 1 is 0.967 bits per heavy atom. The van der Waals surface area contributed by atoms with Crippen molar-refractivity contribution in [1.82, 2.24) is 14.7 Å². The van der Waals surface area contributed by atoms with Gasteiger partial charge in [-0.3, -0.25) is 4.90 Å². The third-order valence-corrected chi connectivity index (χ3v) is 6.60. The highest BCUT2D eigenvalue weighted by Crippen LogP contribution is 2.38. The minimum Gasteiger partial charge on any atom is -0.370 e. The zero-order valence-electron chi connectivity index (χ0n) is 18.0. The van der Waals surface area contributed by atoms with Crippen LogP contribution in [0.4, 0.5) is 5.82 Å². The molecule has 30 heavy (non-hydrogen) atoms. The van der Waals surface area contributed by atoms with Gasteiger partial charge in [-0.05, 0) is 63.3 Å². The molecule has 0 spiro atoms. The number of aromatic nitrogens is 2. The van der Waals surface area contributed by atoms with Crippen molar-refractivity contribution in [3.05, 3.63) is 77.0 Å². The van der Waals surface area contributed by atoms with E-state index in [4.69, 9.17) is 5.10 Å². The highest BCUT2D eigenvalue weighted by atomic mass is 15.4. The molecular formula is C26H32N4. The van der Waals surface area contributed by atoms with Gasteiger partial charge in [0.2, 0.25) is 0 Å². The quantitative estimate of drug-likeness (QED) is 0.614. The SMILES string of the molecule is Cc1ccc(-n2nc(C3CCCCN3Cc3ccccc3)c3c2NCCCC3)cc1. The van der Waals surface area contributed by atoms with E-state index in [0.717, 1.165) is 31.7 Å². The number of benzene rings is 2. The molecule has 1 atom stereocenters. The zero-order valence-corrected chi connectivity index (χ0v) is 18.0. The Kier molecular flexibility index (Phi) is 5.58. The van der Waals surface area contributed by atoms with Crippen molar-refractivity contribution in [2.75, 3.05) is 18.4 Å². The third kappa shape index (κ3) is 3.89. The summed E-state index contributed by atoms with van der Waals surface area (Å²) in [5.41, 5.74) is 6.58. The second kappa shape index (κ2) is 8.65. The van der Waals surface area contributed by atoms with Crippen LogP contribution in [0.5, 0.6) is 0 Å². The van der Waals surface area contributed by atoms with Crippen molar-refractivity contribution in [2.24, 2.45) is 0 Å². The van der Waals surface area contributed by atoms with Crippen LogP contribution in [0.25, 0.3) is 5.69 Å². The summed E-state index contributed by atoms with van der Waals surface area (Å²) in [5.74, 6) is 1.22. The fourth-order valence-corrected chi connectivity index (χ4v) is 4.98. The molecule has 4 nitrogen and oxygen atoms in total. The number of nitrogens with one attached hydrogen (secondary N) is 1. The minimum atomic E-state index is 0.402. The van der Waals surface area contributed by atoms with Crippen LogP contribution >= 0.6 is 0 Å². The Morgan fingerprint density at radius 2 is 1.80 bits per heavy atom. The van der Waals surface area contributed by atoms with Gasteiger partial charge >= 0.3 is 0 Å². The highest BCUT2D eigenvalue weighted by molar-refractivity contribution is 5.55. The lowest BCUT2D eigenvalue weighted by Gasteiger charge is -2.35. The molecule has 2 aliphatic rings. The third-order valence-electron chi connectivity index (χ3n) is 6.60. The lowest BCUT2D eigenvalue weighted by Crippen LogP contribution is -2.33. The molecule has 1 unspecified atom stereocenters. The second-order valence-corrected chi connectivity index (χ2v) is 8.81. The van der Waals surface area contributed by atoms with E-state index in [9.17, 15) is 0 Å². The fraction of sp³-hybridized carbons (Fsp3) is 0.423. The summed E-state index contributed by atoms with van der Waals surface area (Å²) in [6.45, 7) is 5.33. The number of rotatable bonds is 4. The molecule has 5 rings (SSSR count). The molecule has 1 saturated heterocycles. The topological polar surface area (TPSA) is 33.1 Å². The first-order valence-corrected chi connectivity index (χ1v) is 11.5. The van der Waals surface area contributed by atoms with E-state index in [1.165, 1.54) is 60.3 Å². The first-order chi connectivity index (χ1) is 14.8. The molecule has 0 radical (unpaired) electrons. The number of aryl methyl sites for hydroxylation is 1. The van der Waals surface area contributed by atoms with Crippen molar-refractivity contribution in [2.45, 2.75) is 58.0 Å². The summed E-state index contributed by atoms with van der Waals surface area (Å²) >= 11 is 0. The van der Waals surface area contributed by atoms with E-state index in [-0.39, 0.29) is 0 Å². The van der Waals surface area contributed by atoms with Crippen molar-refractivity contribution in [3.8, 4) is 5.69 Å². The van der Waals surface area contributed by atoms with Crippen LogP contribution in [0.2, 0.25) is 0 Å². The van der Waals surface area contributed by atoms with E-state index in [1.807, 2.05) is 0 Å². The molecule has 4 heteroatoms. The van der Waals surface area contributed by atoms with Crippen LogP contribution in [0.3, 0.4) is 0 Å². The van der Waals surface area contributed by atoms with Crippen LogP contribution in [0.15, 0.2) is 54.6 Å². The second-order valence-electron chi connectivity index (χ2n) is 8.81. The number of likely N-dealkylation sites (tertiary alicyclic amines) is 1. The van der Waals surface area contributed by atoms with E-state index in [2.05, 4.69) is 76.4 Å². The van der Waals surface area contributed by atoms with Crippen molar-refractivity contribution in [3.63, 3.8) is 0 Å². The molecule has 0 amide bonds. The maximum atomic E-state index is 5.26. The highest BCUT2D eigenvalue weighted by Gasteiger charge is 2.31. The lowest BCUT2D eigenvalue weighted by atomic mass is 9.94. The standard InChI is InChI=1S/C26H32N4/c1-20-13-15-22(16-14-20)30-26-23(11-5-7-17-27-26)25(28-30)24-12-6-8-18-29(24)19-21-9-3-2-4-10-21/h2-4,9-10,13-16,24,27H,5-8,11-12,17-19H2,1H3. The molecule has 3 aromatic rings. The predicted octanol–water partition coefficient (Wildman–Crippen LogP) is 5.66. The van der Waals surface area contributed by atoms with Crippen LogP contribution in [0, 0.1) is 6.92 Å². The van der Waals surface area contributed by atoms with Crippen LogP contribution in [-0.4, -0.2) is 27.8 Å². The molecule has 2 aliphatic heterocycles. The molecule has 2 aromatic carbocycles. The Balaban J connectivity index is 1.54. The maximum absolute atomic E-state index is 5.26. The monoisotopic (exact) mass is 400 g/mol. The molecule has 0 saturated carbocycles. The summed E-state index contributed by atoms with van der Waals surface area (Å²) in [7, 11) is 0. The first-order valence-electron chi connectivity index (χ1n) is 11.5. The van der Waals surface area contributed by atoms with Crippen LogP contribution in [0.1, 0.15) is 60.5 Å². The predicted molar refractivity (Wildman–Crippen MR) is 123 cm³/mol. The molecule has 156 valence electrons. The van der Waals surface area contributed by atoms with Crippen molar-refractivity contribution in [1.29, 1.82) is 0 Å². The van der Waals surface area contributed by atoms with Gasteiger partial charge in [-0.15, -0.1) is 0 Å². The Morgan fingerprint density at radius 3 is 2.63 bits per heavy atom. The number of fused-ring (bicyclic) bond motifs is 1. The number of hydrogen-bond acceptors (Lipinski definition) is 3. The fourth-order valence-electron chi connectivity index (χ4n) is 4.98. The Labute approximate surface area is 179 Å². The molecule has 1 fully saturated rings. The molecule has 1 N–H and O–H groups in total. The van der Waals surface area contributed by atoms with E-state index >= 15 is 0 Å². The van der Waals surface area contributed by atoms with Crippen molar-refractivity contribution < 1.29 is 0 Å². The van der Waals surface area contributed by atoms with E-state index in [0.29, 0.717) is 6.04 Å². The van der Waals surface area contributed by atoms with Crippen molar-refractivity contribution >= 4 is 5.82 Å². The van der Waals surface area contributed by atoms with E-state index in [1.54, 1.807) is 0 Å². The summed E-state index contributed by atoms with van der Waals surface area (Å²) < 4.78 is 2.17. The van der Waals surface area contributed by atoms with Gasteiger partial charge in [0.1, 0.15) is 5.82 Å². The van der Waals surface area contributed by atoms with Crippen LogP contribution < -0.4 is 5.32 Å². The minimum absolute atomic E-state index is 0.402. The normalized spacial score (nSPS) is 19.7. The van der Waals surface area contributed by atoms with Gasteiger partial charge in [0.25, 0.3) is 0 Å². The number of hydrogen-bond donors (Lipinski definition) is 1. The molecule has 0 aliphatic carbocycles. The smallest absolute Gasteiger partial charge is 0.133 e. The molecule has 3 heterocycles. The maximum Gasteiger partial charge on any atom is 0.133 e. The average molecular weight is 401 g/mol. The number of piperidine rings is 1. The van der Waals surface area contributed by atoms with Gasteiger partial charge in [-0.1, -0.05) is 54.4 Å². The Hall–Kier alpha value is -2.59. The summed E-state index contributed by atoms with van der Waals surface area (Å²) in [6.07, 6.45) is 7.35. The van der Waals surface area contributed by atoms with Gasteiger partial charge < -0.3 is 5.32 Å². The van der Waals surface area contributed by atoms with Gasteiger partial charge in [-0.2, -0.15) is 5.10 Å². The van der Waals surface area contributed by atoms with Gasteiger partial charge in [-0.25, -0.2) is 4.68 Å². The van der Waals surface area contributed by atoms with E-state index < -0.39 is 0 Å². The summed E-state index contributed by atoms with van der Waals surface area (Å²) in [6, 6.07) is 20.1. The van der Waals surface area contributed by atoms with Gasteiger partial charge in [0.05, 0.1) is 17.4 Å². The summed E-state index contributed by atoms with van der Waals surface area (Å²) in [5, 5.41) is 8.97. The van der Waals surface area contributed by atoms with Crippen LogP contribution in [-0.2, 0) is 13.0 Å². The number of nitrogens with zero attached hydrogens (tertiary/aromatic N) is 3. The number of anilines is 1. The van der Waals surface area contributed by atoms with Gasteiger partial charge in [0, 0.05) is 18.7 Å². The lowest BCUT2D eigenvalue weighted by molar-refractivity contribution is 0.136. The largest absolute Gasteiger partial charge is 0.370 e. The average Bonchev–Trinajstić information content (AvgIpc) is 2.96. The van der Waals surface area contributed by atoms with Gasteiger partial charge in [0.15, 0.2) is 0 Å². The Bertz CT molecular complexity index is 974. The zero-order chi connectivity index (χ0) is 20.3. The summed E-state index contributed by atoms with van der Waals surface area (Å²) in [4.78, 5) is 2.66. The molecule has 1 aromatic heterocycles.